The lowest BCUT2D eigenvalue weighted by molar-refractivity contribution is -0.122. The van der Waals surface area contributed by atoms with E-state index in [-0.39, 0.29) is 11.7 Å². The van der Waals surface area contributed by atoms with Crippen molar-refractivity contribution >= 4 is 17.4 Å². The monoisotopic (exact) mass is 325 g/mol. The molecule has 0 heterocycles. The number of hydrogen-bond acceptors (Lipinski definition) is 3. The van der Waals surface area contributed by atoms with Crippen LogP contribution in [0.4, 0.5) is 5.69 Å². The van der Waals surface area contributed by atoms with Crippen molar-refractivity contribution in [2.75, 3.05) is 5.32 Å². The lowest BCUT2D eigenvalue weighted by atomic mass is 10.1. The first kappa shape index (κ1) is 17.7. The molecule has 0 spiro atoms. The molecule has 0 saturated heterocycles. The maximum atomic E-state index is 12.5. The number of amides is 1. The van der Waals surface area contributed by atoms with Gasteiger partial charge in [-0.25, -0.2) is 0 Å². The van der Waals surface area contributed by atoms with Gasteiger partial charge in [-0.1, -0.05) is 36.8 Å². The van der Waals surface area contributed by atoms with Crippen LogP contribution in [0, 0.1) is 13.8 Å². The predicted octanol–water partition coefficient (Wildman–Crippen LogP) is 4.30. The molecule has 126 valence electrons. The van der Waals surface area contributed by atoms with Gasteiger partial charge in [0.2, 0.25) is 0 Å². The van der Waals surface area contributed by atoms with Crippen molar-refractivity contribution in [1.29, 1.82) is 0 Å². The van der Waals surface area contributed by atoms with E-state index in [0.29, 0.717) is 23.4 Å². The number of ketones is 1. The molecule has 0 aliphatic rings. The molecule has 0 saturated carbocycles. The van der Waals surface area contributed by atoms with Gasteiger partial charge >= 0.3 is 0 Å². The number of aryl methyl sites for hydroxylation is 2. The summed E-state index contributed by atoms with van der Waals surface area (Å²) >= 11 is 0. The van der Waals surface area contributed by atoms with Crippen LogP contribution in [0.25, 0.3) is 0 Å². The second kappa shape index (κ2) is 7.77. The van der Waals surface area contributed by atoms with E-state index in [2.05, 4.69) is 5.32 Å². The Morgan fingerprint density at radius 2 is 1.88 bits per heavy atom. The van der Waals surface area contributed by atoms with E-state index in [1.807, 2.05) is 39.0 Å². The van der Waals surface area contributed by atoms with E-state index in [9.17, 15) is 9.59 Å². The smallest absolute Gasteiger partial charge is 0.265 e. The maximum Gasteiger partial charge on any atom is 0.265 e. The molecule has 0 aromatic heterocycles. The van der Waals surface area contributed by atoms with Crippen molar-refractivity contribution in [2.45, 2.75) is 40.2 Å². The zero-order valence-electron chi connectivity index (χ0n) is 14.6. The molecule has 0 aliphatic heterocycles. The molecule has 2 aromatic carbocycles. The molecule has 2 rings (SSSR count). The highest BCUT2D eigenvalue weighted by atomic mass is 16.5. The molecule has 0 aliphatic carbocycles. The van der Waals surface area contributed by atoms with Crippen LogP contribution in [-0.4, -0.2) is 17.8 Å². The van der Waals surface area contributed by atoms with Crippen molar-refractivity contribution in [3.8, 4) is 5.75 Å². The highest BCUT2D eigenvalue weighted by Crippen LogP contribution is 2.21. The van der Waals surface area contributed by atoms with Gasteiger partial charge in [0.15, 0.2) is 11.9 Å². The summed E-state index contributed by atoms with van der Waals surface area (Å²) < 4.78 is 5.88. The van der Waals surface area contributed by atoms with Gasteiger partial charge in [-0.3, -0.25) is 9.59 Å². The van der Waals surface area contributed by atoms with Crippen molar-refractivity contribution in [1.82, 2.24) is 0 Å². The maximum absolute atomic E-state index is 12.5. The molecule has 0 bridgehead atoms. The fourth-order valence-corrected chi connectivity index (χ4v) is 2.45. The number of anilines is 1. The van der Waals surface area contributed by atoms with Crippen molar-refractivity contribution in [3.63, 3.8) is 0 Å². The number of hydrogen-bond donors (Lipinski definition) is 1. The Balaban J connectivity index is 2.11. The number of nitrogens with one attached hydrogen (secondary N) is 1. The fourth-order valence-electron chi connectivity index (χ4n) is 2.45. The first-order valence-electron chi connectivity index (χ1n) is 8.06. The van der Waals surface area contributed by atoms with Crippen LogP contribution in [0.5, 0.6) is 5.75 Å². The largest absolute Gasteiger partial charge is 0.480 e. The van der Waals surface area contributed by atoms with Gasteiger partial charge in [0.1, 0.15) is 5.75 Å². The summed E-state index contributed by atoms with van der Waals surface area (Å²) in [7, 11) is 0. The summed E-state index contributed by atoms with van der Waals surface area (Å²) in [6, 6.07) is 12.8. The summed E-state index contributed by atoms with van der Waals surface area (Å²) in [5.41, 5.74) is 3.31. The zero-order valence-corrected chi connectivity index (χ0v) is 14.6. The topological polar surface area (TPSA) is 55.4 Å². The second-order valence-corrected chi connectivity index (χ2v) is 5.91. The van der Waals surface area contributed by atoms with Crippen LogP contribution in [0.1, 0.15) is 41.8 Å². The number of ether oxygens (including phenoxy) is 1. The Bertz CT molecular complexity index is 752. The summed E-state index contributed by atoms with van der Waals surface area (Å²) in [6.07, 6.45) is -0.0432. The molecule has 1 amide bonds. The molecule has 4 heteroatoms. The number of Topliss-reactive ketones (excluding diaryl/α,β-unsaturated/α-hetero) is 1. The molecule has 2 aromatic rings. The summed E-state index contributed by atoms with van der Waals surface area (Å²) in [4.78, 5) is 23.9. The summed E-state index contributed by atoms with van der Waals surface area (Å²) in [5.74, 6) is 0.447. The zero-order chi connectivity index (χ0) is 17.7. The average Bonchev–Trinajstić information content (AvgIpc) is 2.54. The van der Waals surface area contributed by atoms with Gasteiger partial charge < -0.3 is 10.1 Å². The lowest BCUT2D eigenvalue weighted by Gasteiger charge is -2.19. The van der Waals surface area contributed by atoms with E-state index in [1.54, 1.807) is 24.3 Å². The number of carbonyl (C=O) groups excluding carboxylic acids is 2. The standard InChI is InChI=1S/C20H23NO3/c1-5-18(24-19-10-9-13(2)11-14(19)3)20(23)21-17-8-6-7-16(12-17)15(4)22/h6-12,18H,5H2,1-4H3,(H,21,23)/t18-/m1/s1. The minimum absolute atomic E-state index is 0.0373. The fraction of sp³-hybridized carbons (Fsp3) is 0.300. The van der Waals surface area contributed by atoms with Crippen LogP contribution in [0.2, 0.25) is 0 Å². The molecule has 0 radical (unpaired) electrons. The van der Waals surface area contributed by atoms with E-state index in [4.69, 9.17) is 4.74 Å². The molecule has 4 nitrogen and oxygen atoms in total. The third kappa shape index (κ3) is 4.44. The minimum atomic E-state index is -0.590. The van der Waals surface area contributed by atoms with E-state index >= 15 is 0 Å². The normalized spacial score (nSPS) is 11.7. The predicted molar refractivity (Wildman–Crippen MR) is 95.7 cm³/mol. The third-order valence-electron chi connectivity index (χ3n) is 3.80. The second-order valence-electron chi connectivity index (χ2n) is 5.91. The number of benzene rings is 2. The van der Waals surface area contributed by atoms with Crippen LogP contribution >= 0.6 is 0 Å². The van der Waals surface area contributed by atoms with Gasteiger partial charge in [0, 0.05) is 11.3 Å². The Hall–Kier alpha value is -2.62. The van der Waals surface area contributed by atoms with Gasteiger partial charge in [-0.15, -0.1) is 0 Å². The third-order valence-corrected chi connectivity index (χ3v) is 3.80. The molecule has 0 unspecified atom stereocenters. The van der Waals surface area contributed by atoms with Crippen LogP contribution < -0.4 is 10.1 Å². The molecule has 24 heavy (non-hydrogen) atoms. The average molecular weight is 325 g/mol. The first-order valence-corrected chi connectivity index (χ1v) is 8.06. The molecular formula is C20H23NO3. The Morgan fingerprint density at radius 3 is 2.50 bits per heavy atom. The van der Waals surface area contributed by atoms with E-state index in [0.717, 1.165) is 11.1 Å². The van der Waals surface area contributed by atoms with E-state index in [1.165, 1.54) is 6.92 Å². The highest BCUT2D eigenvalue weighted by molar-refractivity contribution is 5.98. The summed E-state index contributed by atoms with van der Waals surface area (Å²) in [6.45, 7) is 7.38. The Kier molecular flexibility index (Phi) is 5.74. The molecule has 1 atom stereocenters. The van der Waals surface area contributed by atoms with Crippen molar-refractivity contribution < 1.29 is 14.3 Å². The van der Waals surface area contributed by atoms with E-state index < -0.39 is 6.10 Å². The quantitative estimate of drug-likeness (QED) is 0.806. The number of carbonyl (C=O) groups is 2. The van der Waals surface area contributed by atoms with Crippen LogP contribution in [-0.2, 0) is 4.79 Å². The molecule has 0 fully saturated rings. The van der Waals surface area contributed by atoms with Gasteiger partial charge in [-0.05, 0) is 51.0 Å². The SMILES string of the molecule is CC[C@@H](Oc1ccc(C)cc1C)C(=O)Nc1cccc(C(C)=O)c1. The van der Waals surface area contributed by atoms with Crippen LogP contribution in [0.15, 0.2) is 42.5 Å². The summed E-state index contributed by atoms with van der Waals surface area (Å²) in [5, 5.41) is 2.82. The van der Waals surface area contributed by atoms with Gasteiger partial charge in [0.05, 0.1) is 0 Å². The van der Waals surface area contributed by atoms with Gasteiger partial charge in [0.25, 0.3) is 5.91 Å². The number of rotatable bonds is 6. The molecule has 1 N–H and O–H groups in total. The van der Waals surface area contributed by atoms with Gasteiger partial charge in [-0.2, -0.15) is 0 Å². The highest BCUT2D eigenvalue weighted by Gasteiger charge is 2.19. The lowest BCUT2D eigenvalue weighted by Crippen LogP contribution is -2.32. The first-order chi connectivity index (χ1) is 11.4. The minimum Gasteiger partial charge on any atom is -0.480 e. The Morgan fingerprint density at radius 1 is 1.12 bits per heavy atom. The van der Waals surface area contributed by atoms with Crippen molar-refractivity contribution in [2.24, 2.45) is 0 Å². The van der Waals surface area contributed by atoms with Crippen molar-refractivity contribution in [3.05, 3.63) is 59.2 Å². The van der Waals surface area contributed by atoms with Crippen LogP contribution in [0.3, 0.4) is 0 Å². The molecular weight excluding hydrogens is 302 g/mol. The Labute approximate surface area is 142 Å².